The molecule has 2 aromatic rings. The molecule has 0 fully saturated rings. The lowest BCUT2D eigenvalue weighted by Gasteiger charge is -2.13. The van der Waals surface area contributed by atoms with E-state index >= 15 is 0 Å². The number of aromatic nitrogens is 1. The van der Waals surface area contributed by atoms with E-state index in [1.54, 1.807) is 13.3 Å². The molecule has 3 nitrogen and oxygen atoms in total. The van der Waals surface area contributed by atoms with Crippen LogP contribution in [0, 0.1) is 6.92 Å². The van der Waals surface area contributed by atoms with E-state index in [0.29, 0.717) is 6.54 Å². The smallest absolute Gasteiger partial charge is 0.142 e. The second-order valence-electron chi connectivity index (χ2n) is 3.83. The molecule has 1 N–H and O–H groups in total. The molecule has 3 heteroatoms. The van der Waals surface area contributed by atoms with Gasteiger partial charge in [0, 0.05) is 6.20 Å². The zero-order valence-corrected chi connectivity index (χ0v) is 10.1. The molecule has 0 aliphatic heterocycles. The summed E-state index contributed by atoms with van der Waals surface area (Å²) in [6.07, 6.45) is 1.80. The first-order valence-corrected chi connectivity index (χ1v) is 5.58. The first kappa shape index (κ1) is 11.5. The average molecular weight is 228 g/mol. The fourth-order valence-electron chi connectivity index (χ4n) is 1.72. The summed E-state index contributed by atoms with van der Waals surface area (Å²) in [4.78, 5) is 4.28. The predicted octanol–water partition coefficient (Wildman–Crippen LogP) is 3.01. The Balaban J connectivity index is 2.14. The van der Waals surface area contributed by atoms with Crippen LogP contribution in [0.5, 0.6) is 5.75 Å². The number of ether oxygens (including phenoxy) is 1. The maximum absolute atomic E-state index is 5.33. The van der Waals surface area contributed by atoms with Crippen molar-refractivity contribution >= 4 is 5.69 Å². The van der Waals surface area contributed by atoms with Crippen LogP contribution in [0.4, 0.5) is 5.69 Å². The number of benzene rings is 1. The minimum absolute atomic E-state index is 0.696. The maximum atomic E-state index is 5.33. The molecule has 0 saturated heterocycles. The first-order valence-electron chi connectivity index (χ1n) is 5.58. The molecule has 0 unspecified atom stereocenters. The molecule has 0 aliphatic carbocycles. The quantitative estimate of drug-likeness (QED) is 0.873. The molecule has 17 heavy (non-hydrogen) atoms. The van der Waals surface area contributed by atoms with Crippen LogP contribution in [0.3, 0.4) is 0 Å². The number of nitrogens with one attached hydrogen (secondary N) is 1. The van der Waals surface area contributed by atoms with Crippen molar-refractivity contribution in [2.45, 2.75) is 13.5 Å². The van der Waals surface area contributed by atoms with Gasteiger partial charge in [0.2, 0.25) is 0 Å². The van der Waals surface area contributed by atoms with Gasteiger partial charge in [-0.3, -0.25) is 4.98 Å². The molecule has 1 aromatic carbocycles. The number of para-hydroxylation sites is 1. The number of aryl methyl sites for hydroxylation is 1. The van der Waals surface area contributed by atoms with E-state index in [1.807, 2.05) is 30.3 Å². The number of methoxy groups -OCH3 is 1. The highest BCUT2D eigenvalue weighted by Crippen LogP contribution is 2.27. The Morgan fingerprint density at radius 3 is 2.76 bits per heavy atom. The summed E-state index contributed by atoms with van der Waals surface area (Å²) in [6, 6.07) is 11.9. The number of hydrogen-bond donors (Lipinski definition) is 1. The van der Waals surface area contributed by atoms with Crippen molar-refractivity contribution in [2.24, 2.45) is 0 Å². The molecule has 0 aliphatic rings. The van der Waals surface area contributed by atoms with Crippen LogP contribution in [-0.2, 0) is 6.54 Å². The summed E-state index contributed by atoms with van der Waals surface area (Å²) < 4.78 is 5.33. The molecule has 0 atom stereocenters. The lowest BCUT2D eigenvalue weighted by atomic mass is 10.2. The van der Waals surface area contributed by atoms with Gasteiger partial charge in [0.1, 0.15) is 5.75 Å². The van der Waals surface area contributed by atoms with Crippen LogP contribution in [0.25, 0.3) is 0 Å². The fraction of sp³-hybridized carbons (Fsp3) is 0.214. The topological polar surface area (TPSA) is 34.1 Å². The summed E-state index contributed by atoms with van der Waals surface area (Å²) in [5, 5.41) is 3.36. The molecule has 1 heterocycles. The molecule has 88 valence electrons. The third-order valence-electron chi connectivity index (χ3n) is 2.63. The van der Waals surface area contributed by atoms with Crippen LogP contribution >= 0.6 is 0 Å². The van der Waals surface area contributed by atoms with E-state index in [9.17, 15) is 0 Å². The molecule has 0 radical (unpaired) electrons. The fourth-order valence-corrected chi connectivity index (χ4v) is 1.72. The number of nitrogens with zero attached hydrogens (tertiary/aromatic N) is 1. The van der Waals surface area contributed by atoms with Gasteiger partial charge in [-0.15, -0.1) is 0 Å². The van der Waals surface area contributed by atoms with Crippen LogP contribution in [0.1, 0.15) is 11.3 Å². The van der Waals surface area contributed by atoms with Crippen LogP contribution in [0.2, 0.25) is 0 Å². The molecule has 1 aromatic heterocycles. The highest BCUT2D eigenvalue weighted by molar-refractivity contribution is 5.61. The molecule has 0 amide bonds. The monoisotopic (exact) mass is 228 g/mol. The van der Waals surface area contributed by atoms with Crippen LogP contribution < -0.4 is 10.1 Å². The summed E-state index contributed by atoms with van der Waals surface area (Å²) in [7, 11) is 1.68. The summed E-state index contributed by atoms with van der Waals surface area (Å²) in [5.41, 5.74) is 3.21. The minimum Gasteiger partial charge on any atom is -0.495 e. The second kappa shape index (κ2) is 5.34. The number of pyridine rings is 1. The van der Waals surface area contributed by atoms with Gasteiger partial charge >= 0.3 is 0 Å². The highest BCUT2D eigenvalue weighted by atomic mass is 16.5. The van der Waals surface area contributed by atoms with Crippen LogP contribution in [-0.4, -0.2) is 12.1 Å². The molecule has 2 rings (SSSR count). The summed E-state index contributed by atoms with van der Waals surface area (Å²) >= 11 is 0. The zero-order valence-electron chi connectivity index (χ0n) is 10.1. The Hall–Kier alpha value is -2.03. The average Bonchev–Trinajstić information content (AvgIpc) is 2.38. The summed E-state index contributed by atoms with van der Waals surface area (Å²) in [5.74, 6) is 0.862. The SMILES string of the molecule is COc1cccc(C)c1NCc1ccccn1. The van der Waals surface area contributed by atoms with Crippen molar-refractivity contribution in [3.63, 3.8) is 0 Å². The van der Waals surface area contributed by atoms with E-state index in [-0.39, 0.29) is 0 Å². The molecule has 0 saturated carbocycles. The van der Waals surface area contributed by atoms with Crippen molar-refractivity contribution in [2.75, 3.05) is 12.4 Å². The van der Waals surface area contributed by atoms with E-state index < -0.39 is 0 Å². The lowest BCUT2D eigenvalue weighted by molar-refractivity contribution is 0.416. The van der Waals surface area contributed by atoms with Gasteiger partial charge < -0.3 is 10.1 Å². The summed E-state index contributed by atoms with van der Waals surface area (Å²) in [6.45, 7) is 2.76. The van der Waals surface area contributed by atoms with Crippen molar-refractivity contribution in [1.82, 2.24) is 4.98 Å². The standard InChI is InChI=1S/C14H16N2O/c1-11-6-5-8-13(17-2)14(11)16-10-12-7-3-4-9-15-12/h3-9,16H,10H2,1-2H3. The zero-order chi connectivity index (χ0) is 12.1. The van der Waals surface area contributed by atoms with Gasteiger partial charge in [-0.05, 0) is 30.7 Å². The van der Waals surface area contributed by atoms with Gasteiger partial charge in [0.05, 0.1) is 25.0 Å². The van der Waals surface area contributed by atoms with Crippen molar-refractivity contribution in [1.29, 1.82) is 0 Å². The Morgan fingerprint density at radius 1 is 1.18 bits per heavy atom. The van der Waals surface area contributed by atoms with E-state index in [2.05, 4.69) is 23.3 Å². The predicted molar refractivity (Wildman–Crippen MR) is 69.3 cm³/mol. The van der Waals surface area contributed by atoms with Crippen LogP contribution in [0.15, 0.2) is 42.6 Å². The van der Waals surface area contributed by atoms with Crippen molar-refractivity contribution in [3.05, 3.63) is 53.9 Å². The number of hydrogen-bond acceptors (Lipinski definition) is 3. The highest BCUT2D eigenvalue weighted by Gasteiger charge is 2.05. The van der Waals surface area contributed by atoms with E-state index in [1.165, 1.54) is 5.56 Å². The van der Waals surface area contributed by atoms with Gasteiger partial charge in [-0.25, -0.2) is 0 Å². The molecular formula is C14H16N2O. The Morgan fingerprint density at radius 2 is 2.06 bits per heavy atom. The molecule has 0 bridgehead atoms. The Kier molecular flexibility index (Phi) is 3.60. The normalized spacial score (nSPS) is 10.0. The largest absolute Gasteiger partial charge is 0.495 e. The lowest BCUT2D eigenvalue weighted by Crippen LogP contribution is -2.04. The van der Waals surface area contributed by atoms with Gasteiger partial charge in [0.25, 0.3) is 0 Å². The third kappa shape index (κ3) is 2.75. The van der Waals surface area contributed by atoms with E-state index in [0.717, 1.165) is 17.1 Å². The van der Waals surface area contributed by atoms with Gasteiger partial charge in [-0.1, -0.05) is 18.2 Å². The van der Waals surface area contributed by atoms with Gasteiger partial charge in [-0.2, -0.15) is 0 Å². The minimum atomic E-state index is 0.696. The number of rotatable bonds is 4. The Labute approximate surface area is 101 Å². The van der Waals surface area contributed by atoms with Crippen molar-refractivity contribution < 1.29 is 4.74 Å². The third-order valence-corrected chi connectivity index (χ3v) is 2.63. The Bertz CT molecular complexity index is 483. The van der Waals surface area contributed by atoms with Gasteiger partial charge in [0.15, 0.2) is 0 Å². The molecule has 0 spiro atoms. The molecular weight excluding hydrogens is 212 g/mol. The maximum Gasteiger partial charge on any atom is 0.142 e. The second-order valence-corrected chi connectivity index (χ2v) is 3.83. The van der Waals surface area contributed by atoms with E-state index in [4.69, 9.17) is 4.74 Å². The number of anilines is 1. The van der Waals surface area contributed by atoms with Crippen molar-refractivity contribution in [3.8, 4) is 5.75 Å². The first-order chi connectivity index (χ1) is 8.31.